The van der Waals surface area contributed by atoms with Gasteiger partial charge >= 0.3 is 185 Å². The van der Waals surface area contributed by atoms with E-state index in [1.807, 2.05) is 24.3 Å². The molecule has 0 radical (unpaired) electrons. The van der Waals surface area contributed by atoms with E-state index in [2.05, 4.69) is 17.1 Å². The Morgan fingerprint density at radius 1 is 1.13 bits per heavy atom. The molecule has 0 amide bonds. The van der Waals surface area contributed by atoms with Crippen LogP contribution in [0.5, 0.6) is 0 Å². The Bertz CT molecular complexity index is 1160. The van der Waals surface area contributed by atoms with Gasteiger partial charge < -0.3 is 0 Å². The van der Waals surface area contributed by atoms with Gasteiger partial charge in [-0.25, -0.2) is 0 Å². The third-order valence-electron chi connectivity index (χ3n) is 5.06. The maximum atomic E-state index is 12.4. The number of aromatic nitrogens is 2. The van der Waals surface area contributed by atoms with E-state index in [1.165, 1.54) is 15.2 Å². The van der Waals surface area contributed by atoms with Crippen molar-refractivity contribution in [3.63, 3.8) is 0 Å². The van der Waals surface area contributed by atoms with E-state index in [1.54, 1.807) is 31.2 Å². The molecule has 0 saturated carbocycles. The number of nitrogens with one attached hydrogen (secondary N) is 1. The Kier molecular flexibility index (Phi) is 6.51. The van der Waals surface area contributed by atoms with Gasteiger partial charge in [0.05, 0.1) is 0 Å². The molecule has 3 aromatic rings. The second-order valence-corrected chi connectivity index (χ2v) is 10.0. The molecule has 1 fully saturated rings. The van der Waals surface area contributed by atoms with E-state index >= 15 is 0 Å². The number of hydrogen-bond acceptors (Lipinski definition) is 5. The summed E-state index contributed by atoms with van der Waals surface area (Å²) in [6.07, 6.45) is 1.24. The van der Waals surface area contributed by atoms with Gasteiger partial charge in [-0.05, 0) is 0 Å². The van der Waals surface area contributed by atoms with E-state index in [-0.39, 0.29) is 32.5 Å². The molecule has 4 rings (SSSR count). The molecule has 3 atom stereocenters. The summed E-state index contributed by atoms with van der Waals surface area (Å²) in [4.78, 5) is 38.9. The van der Waals surface area contributed by atoms with E-state index in [0.29, 0.717) is 17.5 Å². The molecule has 1 aliphatic rings. The van der Waals surface area contributed by atoms with E-state index in [0.717, 1.165) is 0 Å². The molecule has 2 heterocycles. The van der Waals surface area contributed by atoms with Crippen molar-refractivity contribution in [3.8, 4) is 0 Å². The summed E-state index contributed by atoms with van der Waals surface area (Å²) >= 11 is 0.0562. The average molecular weight is 485 g/mol. The topological polar surface area (TPSA) is 90.4 Å². The van der Waals surface area contributed by atoms with Crippen molar-refractivity contribution in [1.29, 1.82) is 0 Å². The van der Waals surface area contributed by atoms with Gasteiger partial charge in [0, 0.05) is 0 Å². The molecule has 8 heteroatoms. The van der Waals surface area contributed by atoms with Crippen LogP contribution in [0, 0.1) is 6.92 Å². The fourth-order valence-electron chi connectivity index (χ4n) is 3.43. The van der Waals surface area contributed by atoms with Gasteiger partial charge in [-0.3, -0.25) is 0 Å². The van der Waals surface area contributed by atoms with Gasteiger partial charge in [-0.2, -0.15) is 0 Å². The monoisotopic (exact) mass is 486 g/mol. The first-order chi connectivity index (χ1) is 15.0. The molecule has 2 aromatic carbocycles. The zero-order valence-corrected chi connectivity index (χ0v) is 18.6. The summed E-state index contributed by atoms with van der Waals surface area (Å²) < 4.78 is 14.3. The molecule has 1 N–H and O–H groups in total. The van der Waals surface area contributed by atoms with Crippen LogP contribution in [0.25, 0.3) is 0 Å². The minimum absolute atomic E-state index is 0.0562. The molecule has 1 aliphatic heterocycles. The molecule has 1 saturated heterocycles. The molecule has 0 aliphatic carbocycles. The number of carbonyl (C=O) groups excluding carboxylic acids is 1. The van der Waals surface area contributed by atoms with Gasteiger partial charge in [-0.15, -0.1) is 0 Å². The number of nitrogens with zero attached hydrogens (tertiary/aromatic N) is 1. The van der Waals surface area contributed by atoms with E-state index < -0.39 is 23.4 Å². The van der Waals surface area contributed by atoms with Gasteiger partial charge in [0.1, 0.15) is 0 Å². The number of benzene rings is 2. The second-order valence-electron chi connectivity index (χ2n) is 7.28. The zero-order valence-electron chi connectivity index (χ0n) is 16.9. The molecule has 0 spiro atoms. The fourth-order valence-corrected chi connectivity index (χ4v) is 5.99. The first kappa shape index (κ1) is 21.3. The van der Waals surface area contributed by atoms with Crippen LogP contribution in [-0.2, 0) is 9.47 Å². The molecular weight excluding hydrogens is 463 g/mol. The van der Waals surface area contributed by atoms with Crippen LogP contribution >= 0.6 is 0 Å². The number of aryl methyl sites for hydroxylation is 1. The van der Waals surface area contributed by atoms with Crippen LogP contribution in [0.1, 0.15) is 28.6 Å². The summed E-state index contributed by atoms with van der Waals surface area (Å²) in [7, 11) is 0. The van der Waals surface area contributed by atoms with Crippen molar-refractivity contribution in [2.75, 3.05) is 6.61 Å². The molecular formula is C23H22N2O5Se. The van der Waals surface area contributed by atoms with Crippen molar-refractivity contribution in [2.24, 2.45) is 0 Å². The summed E-state index contributed by atoms with van der Waals surface area (Å²) in [5.74, 6) is -0.407. The van der Waals surface area contributed by atoms with Crippen molar-refractivity contribution in [3.05, 3.63) is 98.8 Å². The number of ether oxygens (including phenoxy) is 2. The van der Waals surface area contributed by atoms with Gasteiger partial charge in [0.2, 0.25) is 0 Å². The number of esters is 1. The summed E-state index contributed by atoms with van der Waals surface area (Å²) in [5, 5.41) is 0. The standard InChI is InChI=1S/C23H22N2O5Se/c1-15-13-25(23(28)24-21(15)26)20-12-19(31-17-10-6-3-7-11-17)18(30-20)14-29-22(27)16-8-4-2-5-9-16/h2-11,13,18-20H,12,14H2,1H3,(H,24,26,28)/t18-,19+,20-/m1/s1. The molecule has 31 heavy (non-hydrogen) atoms. The maximum absolute atomic E-state index is 12.4. The zero-order chi connectivity index (χ0) is 21.8. The van der Waals surface area contributed by atoms with E-state index in [9.17, 15) is 14.4 Å². The Hall–Kier alpha value is -2.93. The molecule has 0 bridgehead atoms. The van der Waals surface area contributed by atoms with Gasteiger partial charge in [0.25, 0.3) is 0 Å². The third kappa shape index (κ3) is 5.05. The quantitative estimate of drug-likeness (QED) is 0.425. The van der Waals surface area contributed by atoms with Crippen molar-refractivity contribution < 1.29 is 14.3 Å². The Labute approximate surface area is 185 Å². The summed E-state index contributed by atoms with van der Waals surface area (Å²) in [6.45, 7) is 1.74. The van der Waals surface area contributed by atoms with Crippen LogP contribution in [0.15, 0.2) is 76.4 Å². The fraction of sp³-hybridized carbons (Fsp3) is 0.261. The van der Waals surface area contributed by atoms with Crippen molar-refractivity contribution in [2.45, 2.75) is 30.5 Å². The van der Waals surface area contributed by atoms with Gasteiger partial charge in [-0.1, -0.05) is 0 Å². The third-order valence-corrected chi connectivity index (χ3v) is 7.87. The molecule has 7 nitrogen and oxygen atoms in total. The number of rotatable bonds is 6. The molecule has 0 unspecified atom stereocenters. The average Bonchev–Trinajstić information content (AvgIpc) is 3.18. The molecule has 1 aromatic heterocycles. The Morgan fingerprint density at radius 3 is 2.52 bits per heavy atom. The predicted molar refractivity (Wildman–Crippen MR) is 117 cm³/mol. The minimum atomic E-state index is -0.529. The van der Waals surface area contributed by atoms with Crippen LogP contribution < -0.4 is 15.7 Å². The number of H-pyrrole nitrogens is 1. The SMILES string of the molecule is Cc1cn([C@H]2C[C@H]([Se]c3ccccc3)[C@@H](COC(=O)c3ccccc3)O2)c(=O)[nH]c1=O. The van der Waals surface area contributed by atoms with E-state index in [4.69, 9.17) is 9.47 Å². The first-order valence-electron chi connectivity index (χ1n) is 9.92. The Morgan fingerprint density at radius 2 is 1.81 bits per heavy atom. The number of hydrogen-bond donors (Lipinski definition) is 1. The van der Waals surface area contributed by atoms with Crippen LogP contribution in [0.2, 0.25) is 4.82 Å². The summed E-state index contributed by atoms with van der Waals surface area (Å²) in [6, 6.07) is 18.9. The number of carbonyl (C=O) groups is 1. The molecule has 160 valence electrons. The van der Waals surface area contributed by atoms with Crippen LogP contribution in [0.3, 0.4) is 0 Å². The van der Waals surface area contributed by atoms with Gasteiger partial charge in [0.15, 0.2) is 0 Å². The number of aromatic amines is 1. The summed E-state index contributed by atoms with van der Waals surface area (Å²) in [5.41, 5.74) is 0.00746. The van der Waals surface area contributed by atoms with Crippen LogP contribution in [-0.4, -0.2) is 43.2 Å². The normalized spacial score (nSPS) is 20.5. The second kappa shape index (κ2) is 9.47. The van der Waals surface area contributed by atoms with Crippen LogP contribution in [0.4, 0.5) is 0 Å². The Balaban J connectivity index is 1.53. The van der Waals surface area contributed by atoms with Crippen molar-refractivity contribution >= 4 is 25.4 Å². The first-order valence-corrected chi connectivity index (χ1v) is 11.8. The van der Waals surface area contributed by atoms with Crippen molar-refractivity contribution in [1.82, 2.24) is 9.55 Å². The predicted octanol–water partition coefficient (Wildman–Crippen LogP) is 1.81.